The molecule has 0 atom stereocenters. The number of ketones is 2. The van der Waals surface area contributed by atoms with Crippen LogP contribution in [0, 0.1) is 21.7 Å². The molecule has 0 amide bonds. The highest BCUT2D eigenvalue weighted by atomic mass is 16.1. The molecule has 2 nitrogen and oxygen atoms in total. The highest BCUT2D eigenvalue weighted by Crippen LogP contribution is 2.65. The third-order valence-electron chi connectivity index (χ3n) is 5.98. The number of hydrogen-bond donors (Lipinski definition) is 0. The van der Waals surface area contributed by atoms with E-state index in [4.69, 9.17) is 0 Å². The van der Waals surface area contributed by atoms with Crippen LogP contribution >= 0.6 is 0 Å². The van der Waals surface area contributed by atoms with Gasteiger partial charge in [-0.1, -0.05) is 48.0 Å². The Morgan fingerprint density at radius 3 is 1.67 bits per heavy atom. The summed E-state index contributed by atoms with van der Waals surface area (Å²) in [5, 5.41) is 0. The van der Waals surface area contributed by atoms with E-state index in [1.807, 2.05) is 20.8 Å². The van der Waals surface area contributed by atoms with E-state index in [-0.39, 0.29) is 21.7 Å². The van der Waals surface area contributed by atoms with Gasteiger partial charge in [-0.2, -0.15) is 0 Å². The average Bonchev–Trinajstić information content (AvgIpc) is 2.94. The highest BCUT2D eigenvalue weighted by Gasteiger charge is 2.63. The molecule has 0 aliphatic heterocycles. The minimum atomic E-state index is -0.289. The molecular weight excluding hydrogens is 260 g/mol. The number of fused-ring (bicyclic) bond motifs is 2. The minimum Gasteiger partial charge on any atom is -0.298 e. The maximum absolute atomic E-state index is 13.1. The lowest BCUT2D eigenvalue weighted by molar-refractivity contribution is -0.137. The Labute approximate surface area is 130 Å². The van der Waals surface area contributed by atoms with Gasteiger partial charge in [-0.15, -0.1) is 0 Å². The Balaban J connectivity index is 2.24. The molecule has 0 spiro atoms. The Kier molecular flexibility index (Phi) is 3.92. The van der Waals surface area contributed by atoms with Gasteiger partial charge in [0.1, 0.15) is 11.6 Å². The molecule has 2 aliphatic rings. The van der Waals surface area contributed by atoms with Crippen LogP contribution in [0.2, 0.25) is 0 Å². The van der Waals surface area contributed by atoms with E-state index in [1.54, 1.807) is 0 Å². The zero-order valence-electron chi connectivity index (χ0n) is 14.8. The summed E-state index contributed by atoms with van der Waals surface area (Å²) in [7, 11) is 0. The summed E-state index contributed by atoms with van der Waals surface area (Å²) in [5.41, 5.74) is -0.919. The van der Waals surface area contributed by atoms with E-state index in [1.165, 1.54) is 0 Å². The zero-order chi connectivity index (χ0) is 16.1. The average molecular weight is 292 g/mol. The molecule has 0 saturated heterocycles. The predicted octanol–water partition coefficient (Wildman–Crippen LogP) is 4.95. The first-order chi connectivity index (χ1) is 9.49. The Morgan fingerprint density at radius 1 is 0.857 bits per heavy atom. The molecule has 0 N–H and O–H groups in total. The first-order valence-corrected chi connectivity index (χ1v) is 8.59. The van der Waals surface area contributed by atoms with Crippen LogP contribution in [0.1, 0.15) is 86.5 Å². The van der Waals surface area contributed by atoms with Crippen molar-refractivity contribution in [3.05, 3.63) is 0 Å². The summed E-state index contributed by atoms with van der Waals surface area (Å²) in [4.78, 5) is 26.0. The molecule has 120 valence electrons. The van der Waals surface area contributed by atoms with Gasteiger partial charge in [0.05, 0.1) is 0 Å². The first kappa shape index (κ1) is 16.7. The van der Waals surface area contributed by atoms with Gasteiger partial charge in [-0.25, -0.2) is 0 Å². The quantitative estimate of drug-likeness (QED) is 0.718. The third kappa shape index (κ3) is 2.59. The maximum Gasteiger partial charge on any atom is 0.144 e. The van der Waals surface area contributed by atoms with Gasteiger partial charge in [0.15, 0.2) is 0 Å². The van der Waals surface area contributed by atoms with Crippen molar-refractivity contribution in [2.45, 2.75) is 86.5 Å². The van der Waals surface area contributed by atoms with E-state index in [9.17, 15) is 9.59 Å². The van der Waals surface area contributed by atoms with E-state index in [2.05, 4.69) is 20.8 Å². The van der Waals surface area contributed by atoms with Gasteiger partial charge in [-0.3, -0.25) is 9.59 Å². The van der Waals surface area contributed by atoms with Crippen LogP contribution < -0.4 is 0 Å². The Morgan fingerprint density at radius 2 is 1.29 bits per heavy atom. The summed E-state index contributed by atoms with van der Waals surface area (Å²) in [5.74, 6) is 0.813. The molecule has 2 bridgehead atoms. The molecule has 0 aromatic carbocycles. The lowest BCUT2D eigenvalue weighted by atomic mass is 9.68. The Hall–Kier alpha value is -0.660. The topological polar surface area (TPSA) is 34.1 Å². The second kappa shape index (κ2) is 4.93. The maximum atomic E-state index is 13.1. The normalized spacial score (nSPS) is 32.5. The van der Waals surface area contributed by atoms with Gasteiger partial charge in [0.2, 0.25) is 0 Å². The largest absolute Gasteiger partial charge is 0.298 e. The number of hydrogen-bond acceptors (Lipinski definition) is 2. The van der Waals surface area contributed by atoms with Gasteiger partial charge in [0.25, 0.3) is 0 Å². The molecule has 0 unspecified atom stereocenters. The van der Waals surface area contributed by atoms with Crippen LogP contribution in [0.4, 0.5) is 0 Å². The molecule has 21 heavy (non-hydrogen) atoms. The van der Waals surface area contributed by atoms with Gasteiger partial charge < -0.3 is 0 Å². The molecule has 2 fully saturated rings. The van der Waals surface area contributed by atoms with Crippen molar-refractivity contribution in [3.8, 4) is 0 Å². The summed E-state index contributed by atoms with van der Waals surface area (Å²) in [6, 6.07) is 0. The molecule has 0 aromatic rings. The van der Waals surface area contributed by atoms with E-state index in [0.29, 0.717) is 11.6 Å². The zero-order valence-corrected chi connectivity index (χ0v) is 14.8. The molecule has 2 heteroatoms. The summed E-state index contributed by atoms with van der Waals surface area (Å²) >= 11 is 0. The van der Waals surface area contributed by atoms with Crippen molar-refractivity contribution >= 4 is 11.6 Å². The fraction of sp³-hybridized carbons (Fsp3) is 0.895. The van der Waals surface area contributed by atoms with E-state index < -0.39 is 0 Å². The standard InChI is InChI=1S/C19H32O2/c1-7-8-17(5,6)15(21)19-11-9-18(13-19,10-12-19)14(20)16(2,3)4/h7-13H2,1-6H3. The van der Waals surface area contributed by atoms with Crippen molar-refractivity contribution in [2.75, 3.05) is 0 Å². The number of carbonyl (C=O) groups excluding carboxylic acids is 2. The fourth-order valence-electron chi connectivity index (χ4n) is 5.07. The number of carbonyl (C=O) groups is 2. The van der Waals surface area contributed by atoms with Crippen LogP contribution in [-0.2, 0) is 9.59 Å². The summed E-state index contributed by atoms with van der Waals surface area (Å²) in [6.07, 6.45) is 6.53. The number of rotatable bonds is 5. The van der Waals surface area contributed by atoms with Crippen LogP contribution in [0.3, 0.4) is 0 Å². The molecule has 0 radical (unpaired) electrons. The van der Waals surface area contributed by atoms with Gasteiger partial charge >= 0.3 is 0 Å². The predicted molar refractivity (Wildman–Crippen MR) is 86.1 cm³/mol. The molecule has 2 aliphatic carbocycles. The second-order valence-corrected chi connectivity index (χ2v) is 9.28. The second-order valence-electron chi connectivity index (χ2n) is 9.28. The van der Waals surface area contributed by atoms with Crippen LogP contribution in [-0.4, -0.2) is 11.6 Å². The van der Waals surface area contributed by atoms with Crippen molar-refractivity contribution in [1.29, 1.82) is 0 Å². The van der Waals surface area contributed by atoms with E-state index >= 15 is 0 Å². The van der Waals surface area contributed by atoms with Crippen molar-refractivity contribution in [2.24, 2.45) is 21.7 Å². The monoisotopic (exact) mass is 292 g/mol. The van der Waals surface area contributed by atoms with Crippen molar-refractivity contribution in [1.82, 2.24) is 0 Å². The number of Topliss-reactive ketones (excluding diaryl/α,β-unsaturated/α-hetero) is 2. The lowest BCUT2D eigenvalue weighted by Crippen LogP contribution is -2.38. The van der Waals surface area contributed by atoms with Crippen molar-refractivity contribution in [3.63, 3.8) is 0 Å². The SMILES string of the molecule is CCCC(C)(C)C(=O)C12CCC(C(=O)C(C)(C)C)(CC1)C2. The lowest BCUT2D eigenvalue weighted by Gasteiger charge is -2.34. The molecule has 0 aromatic heterocycles. The van der Waals surface area contributed by atoms with Gasteiger partial charge in [-0.05, 0) is 38.5 Å². The summed E-state index contributed by atoms with van der Waals surface area (Å²) < 4.78 is 0. The minimum absolute atomic E-state index is 0.195. The third-order valence-corrected chi connectivity index (χ3v) is 5.98. The highest BCUT2D eigenvalue weighted by molar-refractivity contribution is 5.95. The molecule has 2 rings (SSSR count). The molecular formula is C19H32O2. The van der Waals surface area contributed by atoms with Gasteiger partial charge in [0, 0.05) is 21.7 Å². The Bertz CT molecular complexity index is 443. The van der Waals surface area contributed by atoms with Crippen LogP contribution in [0.5, 0.6) is 0 Å². The molecule has 0 heterocycles. The first-order valence-electron chi connectivity index (χ1n) is 8.59. The fourth-order valence-corrected chi connectivity index (χ4v) is 5.07. The van der Waals surface area contributed by atoms with Crippen LogP contribution in [0.15, 0.2) is 0 Å². The molecule has 2 saturated carbocycles. The summed E-state index contributed by atoms with van der Waals surface area (Å²) in [6.45, 7) is 12.4. The van der Waals surface area contributed by atoms with Crippen LogP contribution in [0.25, 0.3) is 0 Å². The smallest absolute Gasteiger partial charge is 0.144 e. The van der Waals surface area contributed by atoms with E-state index in [0.717, 1.165) is 44.9 Å². The van der Waals surface area contributed by atoms with Crippen molar-refractivity contribution < 1.29 is 9.59 Å².